The molecule has 0 heterocycles. The molecule has 0 aromatic carbocycles. The molecule has 1 atom stereocenters. The standard InChI is InChI=1S/2C4H10O2/c1-4(3-5)6-2;1-6-4-2-3-5/h4-5H,3H2,1-2H3;5H,2-4H2,1H3. The summed E-state index contributed by atoms with van der Waals surface area (Å²) in [5.74, 6) is 0. The van der Waals surface area contributed by atoms with Crippen molar-refractivity contribution in [2.45, 2.75) is 19.4 Å². The summed E-state index contributed by atoms with van der Waals surface area (Å²) < 4.78 is 9.27. The van der Waals surface area contributed by atoms with E-state index in [2.05, 4.69) is 9.47 Å². The van der Waals surface area contributed by atoms with Crippen LogP contribution in [0.15, 0.2) is 0 Å². The number of methoxy groups -OCH3 is 2. The van der Waals surface area contributed by atoms with E-state index in [1.165, 1.54) is 0 Å². The summed E-state index contributed by atoms with van der Waals surface area (Å²) in [4.78, 5) is 0. The number of rotatable bonds is 5. The molecule has 2 N–H and O–H groups in total. The Morgan fingerprint density at radius 3 is 1.92 bits per heavy atom. The fourth-order valence-corrected chi connectivity index (χ4v) is 0.283. The third kappa shape index (κ3) is 16.4. The predicted octanol–water partition coefficient (Wildman–Crippen LogP) is 0.0288. The van der Waals surface area contributed by atoms with E-state index in [1.807, 2.05) is 0 Å². The lowest BCUT2D eigenvalue weighted by atomic mass is 10.4. The first-order valence-electron chi connectivity index (χ1n) is 3.96. The van der Waals surface area contributed by atoms with Crippen LogP contribution in [0.25, 0.3) is 0 Å². The van der Waals surface area contributed by atoms with Crippen molar-refractivity contribution >= 4 is 0 Å². The van der Waals surface area contributed by atoms with E-state index in [4.69, 9.17) is 10.2 Å². The molecule has 0 amide bonds. The van der Waals surface area contributed by atoms with E-state index in [-0.39, 0.29) is 19.3 Å². The number of aliphatic hydroxyl groups is 2. The minimum atomic E-state index is -0.00926. The van der Waals surface area contributed by atoms with Crippen LogP contribution in [0.3, 0.4) is 0 Å². The third-order valence-corrected chi connectivity index (χ3v) is 1.17. The zero-order chi connectivity index (χ0) is 9.82. The lowest BCUT2D eigenvalue weighted by Crippen LogP contribution is -2.08. The highest BCUT2D eigenvalue weighted by Gasteiger charge is 1.90. The van der Waals surface area contributed by atoms with E-state index >= 15 is 0 Å². The van der Waals surface area contributed by atoms with Gasteiger partial charge in [-0.05, 0) is 13.3 Å². The van der Waals surface area contributed by atoms with Gasteiger partial charge in [0.15, 0.2) is 0 Å². The van der Waals surface area contributed by atoms with Crippen molar-refractivity contribution in [1.82, 2.24) is 0 Å². The van der Waals surface area contributed by atoms with Crippen molar-refractivity contribution in [3.8, 4) is 0 Å². The summed E-state index contributed by atoms with van der Waals surface area (Å²) in [7, 11) is 3.19. The Hall–Kier alpha value is -0.160. The van der Waals surface area contributed by atoms with Crippen molar-refractivity contribution in [2.24, 2.45) is 0 Å². The maximum absolute atomic E-state index is 8.21. The second-order valence-electron chi connectivity index (χ2n) is 2.30. The molecule has 0 spiro atoms. The summed E-state index contributed by atoms with van der Waals surface area (Å²) in [5, 5.41) is 16.3. The first-order valence-corrected chi connectivity index (χ1v) is 3.96. The topological polar surface area (TPSA) is 58.9 Å². The molecule has 0 saturated heterocycles. The van der Waals surface area contributed by atoms with Gasteiger partial charge in [-0.15, -0.1) is 0 Å². The Morgan fingerprint density at radius 1 is 1.25 bits per heavy atom. The van der Waals surface area contributed by atoms with E-state index in [0.29, 0.717) is 6.61 Å². The van der Waals surface area contributed by atoms with Crippen LogP contribution in [0.4, 0.5) is 0 Å². The van der Waals surface area contributed by atoms with Gasteiger partial charge in [-0.25, -0.2) is 0 Å². The monoisotopic (exact) mass is 180 g/mol. The molecule has 4 nitrogen and oxygen atoms in total. The molecule has 0 bridgehead atoms. The van der Waals surface area contributed by atoms with Crippen LogP contribution in [-0.4, -0.2) is 50.4 Å². The van der Waals surface area contributed by atoms with Gasteiger partial charge in [0.1, 0.15) is 0 Å². The van der Waals surface area contributed by atoms with Gasteiger partial charge in [-0.1, -0.05) is 0 Å². The van der Waals surface area contributed by atoms with Crippen LogP contribution >= 0.6 is 0 Å². The van der Waals surface area contributed by atoms with Crippen molar-refractivity contribution in [2.75, 3.05) is 34.0 Å². The quantitative estimate of drug-likeness (QED) is 0.586. The Kier molecular flexibility index (Phi) is 16.1. The van der Waals surface area contributed by atoms with Gasteiger partial charge in [0.05, 0.1) is 12.7 Å². The summed E-state index contributed by atoms with van der Waals surface area (Å²) in [6.45, 7) is 2.81. The highest BCUT2D eigenvalue weighted by molar-refractivity contribution is 4.38. The number of hydrogen-bond acceptors (Lipinski definition) is 4. The molecule has 0 aromatic heterocycles. The zero-order valence-corrected chi connectivity index (χ0v) is 8.12. The molecule has 4 heteroatoms. The fourth-order valence-electron chi connectivity index (χ4n) is 0.283. The van der Waals surface area contributed by atoms with Crippen LogP contribution in [0.2, 0.25) is 0 Å². The van der Waals surface area contributed by atoms with Crippen LogP contribution < -0.4 is 0 Å². The summed E-state index contributed by atoms with van der Waals surface area (Å²) in [6.07, 6.45) is 0.737. The largest absolute Gasteiger partial charge is 0.396 e. The number of hydrogen-bond donors (Lipinski definition) is 2. The van der Waals surface area contributed by atoms with Crippen LogP contribution in [0.5, 0.6) is 0 Å². The SMILES string of the molecule is COC(C)CO.COCCCO. The molecule has 1 unspecified atom stereocenters. The average molecular weight is 180 g/mol. The normalized spacial score (nSPS) is 11.8. The molecule has 0 aromatic rings. The maximum Gasteiger partial charge on any atom is 0.0773 e. The van der Waals surface area contributed by atoms with Gasteiger partial charge in [0.2, 0.25) is 0 Å². The zero-order valence-electron chi connectivity index (χ0n) is 8.12. The summed E-state index contributed by atoms with van der Waals surface area (Å²) >= 11 is 0. The molecule has 0 aliphatic heterocycles. The van der Waals surface area contributed by atoms with Gasteiger partial charge in [-0.2, -0.15) is 0 Å². The highest BCUT2D eigenvalue weighted by Crippen LogP contribution is 1.80. The van der Waals surface area contributed by atoms with Crippen molar-refractivity contribution in [3.05, 3.63) is 0 Å². The van der Waals surface area contributed by atoms with Crippen LogP contribution in [0.1, 0.15) is 13.3 Å². The smallest absolute Gasteiger partial charge is 0.0773 e. The number of aliphatic hydroxyl groups excluding tert-OH is 2. The third-order valence-electron chi connectivity index (χ3n) is 1.17. The first-order chi connectivity index (χ1) is 5.72. The summed E-state index contributed by atoms with van der Waals surface area (Å²) in [6, 6.07) is 0. The van der Waals surface area contributed by atoms with E-state index in [1.54, 1.807) is 21.1 Å². The Balaban J connectivity index is 0. The van der Waals surface area contributed by atoms with Gasteiger partial charge in [-0.3, -0.25) is 0 Å². The Labute approximate surface area is 74.1 Å². The Morgan fingerprint density at radius 2 is 1.83 bits per heavy atom. The second-order valence-corrected chi connectivity index (χ2v) is 2.30. The molecule has 0 aliphatic rings. The molecular weight excluding hydrogens is 160 g/mol. The minimum Gasteiger partial charge on any atom is -0.396 e. The second kappa shape index (κ2) is 13.4. The van der Waals surface area contributed by atoms with Crippen molar-refractivity contribution in [3.63, 3.8) is 0 Å². The molecule has 0 saturated carbocycles. The number of ether oxygens (including phenoxy) is 2. The highest BCUT2D eigenvalue weighted by atomic mass is 16.5. The van der Waals surface area contributed by atoms with Crippen molar-refractivity contribution < 1.29 is 19.7 Å². The van der Waals surface area contributed by atoms with E-state index in [0.717, 1.165) is 6.42 Å². The minimum absolute atomic E-state index is 0.00926. The van der Waals surface area contributed by atoms with Crippen molar-refractivity contribution in [1.29, 1.82) is 0 Å². The molecule has 0 fully saturated rings. The van der Waals surface area contributed by atoms with E-state index in [9.17, 15) is 0 Å². The lowest BCUT2D eigenvalue weighted by molar-refractivity contribution is 0.0623. The lowest BCUT2D eigenvalue weighted by Gasteiger charge is -2.00. The Bertz CT molecular complexity index is 60.1. The molecule has 0 radical (unpaired) electrons. The summed E-state index contributed by atoms with van der Waals surface area (Å²) in [5.41, 5.74) is 0. The molecule has 12 heavy (non-hydrogen) atoms. The molecule has 76 valence electrons. The maximum atomic E-state index is 8.21. The average Bonchev–Trinajstić information content (AvgIpc) is 2.14. The first kappa shape index (κ1) is 14.4. The molecule has 0 aliphatic carbocycles. The van der Waals surface area contributed by atoms with Crippen LogP contribution in [-0.2, 0) is 9.47 Å². The van der Waals surface area contributed by atoms with Crippen LogP contribution in [0, 0.1) is 0 Å². The van der Waals surface area contributed by atoms with Gasteiger partial charge < -0.3 is 19.7 Å². The fraction of sp³-hybridized carbons (Fsp3) is 1.00. The molecule has 0 rings (SSSR count). The van der Waals surface area contributed by atoms with Gasteiger partial charge in [0.25, 0.3) is 0 Å². The van der Waals surface area contributed by atoms with Gasteiger partial charge in [0, 0.05) is 27.4 Å². The molecular formula is C8H20O4. The van der Waals surface area contributed by atoms with Gasteiger partial charge >= 0.3 is 0 Å². The van der Waals surface area contributed by atoms with E-state index < -0.39 is 0 Å². The predicted molar refractivity (Wildman–Crippen MR) is 47.1 cm³/mol.